The van der Waals surface area contributed by atoms with Gasteiger partial charge in [-0.15, -0.1) is 0 Å². The second-order valence-electron chi connectivity index (χ2n) is 4.66. The van der Waals surface area contributed by atoms with Crippen molar-refractivity contribution in [3.63, 3.8) is 0 Å². The Hall–Kier alpha value is -2.29. The second-order valence-corrected chi connectivity index (χ2v) is 4.66. The highest BCUT2D eigenvalue weighted by Gasteiger charge is 2.03. The summed E-state index contributed by atoms with van der Waals surface area (Å²) in [6.07, 6.45) is 0. The highest BCUT2D eigenvalue weighted by Crippen LogP contribution is 2.14. The maximum absolute atomic E-state index is 11.6. The molecule has 2 aromatic rings. The van der Waals surface area contributed by atoms with Gasteiger partial charge in [-0.2, -0.15) is 0 Å². The van der Waals surface area contributed by atoms with E-state index in [4.69, 9.17) is 4.74 Å². The van der Waals surface area contributed by atoms with Crippen molar-refractivity contribution < 1.29 is 9.53 Å². The monoisotopic (exact) mass is 269 g/mol. The highest BCUT2D eigenvalue weighted by atomic mass is 16.5. The van der Waals surface area contributed by atoms with Crippen LogP contribution in [0.15, 0.2) is 48.5 Å². The summed E-state index contributed by atoms with van der Waals surface area (Å²) in [4.78, 5) is 11.6. The van der Waals surface area contributed by atoms with Gasteiger partial charge in [-0.25, -0.2) is 0 Å². The average Bonchev–Trinajstić information content (AvgIpc) is 2.47. The van der Waals surface area contributed by atoms with E-state index in [0.717, 1.165) is 11.3 Å². The summed E-state index contributed by atoms with van der Waals surface area (Å²) in [6.45, 7) is 5.12. The number of amides is 1. The van der Waals surface area contributed by atoms with Crippen LogP contribution in [0.25, 0.3) is 0 Å². The molecule has 0 aliphatic carbocycles. The summed E-state index contributed by atoms with van der Waals surface area (Å²) < 4.78 is 5.69. The first-order chi connectivity index (χ1) is 9.69. The zero-order valence-electron chi connectivity index (χ0n) is 11.8. The molecule has 0 unspecified atom stereocenters. The molecule has 0 fully saturated rings. The van der Waals surface area contributed by atoms with Crippen LogP contribution in [0.1, 0.15) is 28.4 Å². The number of hydrogen-bond acceptors (Lipinski definition) is 2. The molecule has 0 heterocycles. The molecule has 0 saturated carbocycles. The fourth-order valence-corrected chi connectivity index (χ4v) is 1.82. The predicted molar refractivity (Wildman–Crippen MR) is 80.0 cm³/mol. The van der Waals surface area contributed by atoms with Crippen molar-refractivity contribution in [1.82, 2.24) is 5.32 Å². The Morgan fingerprint density at radius 2 is 1.70 bits per heavy atom. The van der Waals surface area contributed by atoms with Crippen LogP contribution in [-0.2, 0) is 6.61 Å². The van der Waals surface area contributed by atoms with Gasteiger partial charge in [0.25, 0.3) is 5.91 Å². The van der Waals surface area contributed by atoms with Crippen LogP contribution in [0.3, 0.4) is 0 Å². The van der Waals surface area contributed by atoms with Crippen molar-refractivity contribution in [3.05, 3.63) is 65.2 Å². The molecular weight excluding hydrogens is 250 g/mol. The van der Waals surface area contributed by atoms with E-state index in [1.165, 1.54) is 5.56 Å². The molecular formula is C17H19NO2. The van der Waals surface area contributed by atoms with E-state index >= 15 is 0 Å². The van der Waals surface area contributed by atoms with Gasteiger partial charge in [-0.3, -0.25) is 4.79 Å². The molecule has 1 amide bonds. The number of benzene rings is 2. The van der Waals surface area contributed by atoms with Crippen molar-refractivity contribution in [2.45, 2.75) is 20.5 Å². The van der Waals surface area contributed by atoms with Gasteiger partial charge in [-0.05, 0) is 43.7 Å². The summed E-state index contributed by atoms with van der Waals surface area (Å²) >= 11 is 0. The number of rotatable bonds is 5. The van der Waals surface area contributed by atoms with Crippen LogP contribution in [0.4, 0.5) is 0 Å². The molecule has 0 radical (unpaired) electrons. The third kappa shape index (κ3) is 3.85. The molecule has 0 aliphatic heterocycles. The lowest BCUT2D eigenvalue weighted by atomic mass is 10.2. The molecule has 0 aromatic heterocycles. The Morgan fingerprint density at radius 1 is 1.05 bits per heavy atom. The van der Waals surface area contributed by atoms with Crippen LogP contribution < -0.4 is 10.1 Å². The summed E-state index contributed by atoms with van der Waals surface area (Å²) in [5, 5.41) is 2.76. The molecule has 20 heavy (non-hydrogen) atoms. The van der Waals surface area contributed by atoms with Gasteiger partial charge < -0.3 is 10.1 Å². The van der Waals surface area contributed by atoms with E-state index in [2.05, 4.69) is 36.5 Å². The molecule has 0 saturated heterocycles. The minimum Gasteiger partial charge on any atom is -0.489 e. The minimum absolute atomic E-state index is 0.0578. The van der Waals surface area contributed by atoms with Gasteiger partial charge >= 0.3 is 0 Å². The molecule has 0 aliphatic rings. The molecule has 3 heteroatoms. The quantitative estimate of drug-likeness (QED) is 0.904. The lowest BCUT2D eigenvalue weighted by molar-refractivity contribution is 0.0956. The topological polar surface area (TPSA) is 38.3 Å². The predicted octanol–water partition coefficient (Wildman–Crippen LogP) is 3.32. The third-order valence-electron chi connectivity index (χ3n) is 2.98. The number of carbonyl (C=O) groups is 1. The second kappa shape index (κ2) is 6.75. The van der Waals surface area contributed by atoms with E-state index in [-0.39, 0.29) is 5.91 Å². The summed E-state index contributed by atoms with van der Waals surface area (Å²) in [5.74, 6) is 0.705. The molecule has 0 spiro atoms. The number of carbonyl (C=O) groups excluding carboxylic acids is 1. The maximum Gasteiger partial charge on any atom is 0.251 e. The van der Waals surface area contributed by atoms with Crippen LogP contribution >= 0.6 is 0 Å². The molecule has 0 bridgehead atoms. The summed E-state index contributed by atoms with van der Waals surface area (Å²) in [5.41, 5.74) is 3.01. The van der Waals surface area contributed by atoms with E-state index in [9.17, 15) is 4.79 Å². The fraction of sp³-hybridized carbons (Fsp3) is 0.235. The van der Waals surface area contributed by atoms with E-state index in [1.54, 1.807) is 12.1 Å². The molecule has 2 aromatic carbocycles. The molecule has 2 rings (SSSR count). The fourth-order valence-electron chi connectivity index (χ4n) is 1.82. The third-order valence-corrected chi connectivity index (χ3v) is 2.98. The van der Waals surface area contributed by atoms with Crippen molar-refractivity contribution >= 4 is 5.91 Å². The average molecular weight is 269 g/mol. The lowest BCUT2D eigenvalue weighted by Gasteiger charge is -2.07. The minimum atomic E-state index is -0.0578. The largest absolute Gasteiger partial charge is 0.489 e. The van der Waals surface area contributed by atoms with E-state index in [1.807, 2.05) is 19.1 Å². The van der Waals surface area contributed by atoms with Gasteiger partial charge in [0.05, 0.1) is 0 Å². The van der Waals surface area contributed by atoms with Gasteiger partial charge in [-0.1, -0.05) is 29.8 Å². The number of hydrogen-bond donors (Lipinski definition) is 1. The van der Waals surface area contributed by atoms with Crippen LogP contribution in [0.2, 0.25) is 0 Å². The van der Waals surface area contributed by atoms with Crippen LogP contribution in [0, 0.1) is 6.92 Å². The van der Waals surface area contributed by atoms with Crippen molar-refractivity contribution in [2.24, 2.45) is 0 Å². The van der Waals surface area contributed by atoms with Crippen LogP contribution in [-0.4, -0.2) is 12.5 Å². The van der Waals surface area contributed by atoms with Crippen molar-refractivity contribution in [3.8, 4) is 5.75 Å². The summed E-state index contributed by atoms with van der Waals surface area (Å²) in [7, 11) is 0. The molecule has 0 atom stereocenters. The number of ether oxygens (including phenoxy) is 1. The van der Waals surface area contributed by atoms with Gasteiger partial charge in [0.2, 0.25) is 0 Å². The number of nitrogens with one attached hydrogen (secondary N) is 1. The zero-order valence-corrected chi connectivity index (χ0v) is 11.8. The van der Waals surface area contributed by atoms with Gasteiger partial charge in [0, 0.05) is 12.1 Å². The Balaban J connectivity index is 1.93. The molecule has 3 nitrogen and oxygen atoms in total. The first kappa shape index (κ1) is 14.1. The van der Waals surface area contributed by atoms with Crippen molar-refractivity contribution in [1.29, 1.82) is 0 Å². The van der Waals surface area contributed by atoms with Crippen LogP contribution in [0.5, 0.6) is 5.75 Å². The van der Waals surface area contributed by atoms with Gasteiger partial charge in [0.1, 0.15) is 12.4 Å². The van der Waals surface area contributed by atoms with Gasteiger partial charge in [0.15, 0.2) is 0 Å². The Morgan fingerprint density at radius 3 is 2.30 bits per heavy atom. The van der Waals surface area contributed by atoms with E-state index < -0.39 is 0 Å². The first-order valence-corrected chi connectivity index (χ1v) is 6.75. The zero-order chi connectivity index (χ0) is 14.4. The highest BCUT2D eigenvalue weighted by molar-refractivity contribution is 5.94. The van der Waals surface area contributed by atoms with E-state index in [0.29, 0.717) is 18.7 Å². The Bertz CT molecular complexity index is 559. The summed E-state index contributed by atoms with van der Waals surface area (Å²) in [6, 6.07) is 15.4. The normalized spacial score (nSPS) is 10.1. The lowest BCUT2D eigenvalue weighted by Crippen LogP contribution is -2.22. The number of aryl methyl sites for hydroxylation is 1. The Labute approximate surface area is 119 Å². The molecule has 1 N–H and O–H groups in total. The molecule has 104 valence electrons. The Kier molecular flexibility index (Phi) is 4.77. The SMILES string of the molecule is CCNC(=O)c1ccc(OCc2ccc(C)cc2)cc1. The standard InChI is InChI=1S/C17H19NO2/c1-3-18-17(19)15-8-10-16(11-9-15)20-12-14-6-4-13(2)5-7-14/h4-11H,3,12H2,1-2H3,(H,18,19). The smallest absolute Gasteiger partial charge is 0.251 e. The first-order valence-electron chi connectivity index (χ1n) is 6.75. The maximum atomic E-state index is 11.6. The van der Waals surface area contributed by atoms with Crippen molar-refractivity contribution in [2.75, 3.05) is 6.54 Å².